The molecule has 1 atom stereocenters. The Balaban J connectivity index is 1.20. The molecular weight excluding hydrogens is 625 g/mol. The summed E-state index contributed by atoms with van der Waals surface area (Å²) in [6, 6.07) is 13.9. The van der Waals surface area contributed by atoms with Gasteiger partial charge in [0.15, 0.2) is 0 Å². The molecule has 2 aliphatic heterocycles. The summed E-state index contributed by atoms with van der Waals surface area (Å²) >= 11 is 14.2. The molecule has 1 N–H and O–H groups in total. The van der Waals surface area contributed by atoms with E-state index in [1.807, 2.05) is 36.4 Å². The number of methoxy groups -OCH3 is 2. The van der Waals surface area contributed by atoms with E-state index in [-0.39, 0.29) is 23.8 Å². The Hall–Kier alpha value is -3.60. The number of ether oxygens (including phenoxy) is 2. The maximum absolute atomic E-state index is 11.8. The fraction of sp³-hybridized carbons (Fsp3) is 0.371. The number of hydrogen-bond donors (Lipinski definition) is 1. The molecule has 2 fully saturated rings. The van der Waals surface area contributed by atoms with E-state index in [1.165, 1.54) is 5.56 Å². The van der Waals surface area contributed by atoms with E-state index >= 15 is 0 Å². The Morgan fingerprint density at radius 3 is 2.13 bits per heavy atom. The number of benzene rings is 2. The van der Waals surface area contributed by atoms with E-state index in [0.717, 1.165) is 53.9 Å². The van der Waals surface area contributed by atoms with Gasteiger partial charge < -0.3 is 14.6 Å². The molecule has 2 aromatic heterocycles. The van der Waals surface area contributed by atoms with Crippen LogP contribution in [0.15, 0.2) is 48.7 Å². The number of nitrogens with zero attached hydrogens (tertiary/aromatic N) is 5. The topological polar surface area (TPSA) is 101 Å². The smallest absolute Gasteiger partial charge is 0.237 e. The summed E-state index contributed by atoms with van der Waals surface area (Å²) in [5.41, 5.74) is 7.36. The van der Waals surface area contributed by atoms with E-state index in [2.05, 4.69) is 20.9 Å². The highest BCUT2D eigenvalue weighted by atomic mass is 35.5. The van der Waals surface area contributed by atoms with E-state index in [4.69, 9.17) is 42.6 Å². The van der Waals surface area contributed by atoms with Gasteiger partial charge in [0, 0.05) is 72.5 Å². The summed E-state index contributed by atoms with van der Waals surface area (Å²) in [6.07, 6.45) is 3.27. The monoisotopic (exact) mass is 659 g/mol. The number of aryl methyl sites for hydroxylation is 1. The zero-order valence-electron chi connectivity index (χ0n) is 26.0. The first-order valence-corrected chi connectivity index (χ1v) is 16.2. The third-order valence-electron chi connectivity index (χ3n) is 9.40. The molecule has 0 bridgehead atoms. The molecule has 0 spiro atoms. The molecule has 0 amide bonds. The molecule has 9 nitrogen and oxygen atoms in total. The van der Waals surface area contributed by atoms with Crippen molar-refractivity contribution in [3.05, 3.63) is 75.5 Å². The Kier molecular flexibility index (Phi) is 8.46. The second-order valence-electron chi connectivity index (χ2n) is 12.3. The quantitative estimate of drug-likeness (QED) is 0.236. The van der Waals surface area contributed by atoms with Crippen LogP contribution in [-0.2, 0) is 17.8 Å². The molecular formula is C35H35Cl2N5O4. The van der Waals surface area contributed by atoms with Crippen molar-refractivity contribution in [1.29, 1.82) is 0 Å². The third-order valence-corrected chi connectivity index (χ3v) is 10.2. The van der Waals surface area contributed by atoms with Crippen molar-refractivity contribution in [1.82, 2.24) is 24.8 Å². The molecule has 0 unspecified atom stereocenters. The first-order chi connectivity index (χ1) is 22.2. The first-order valence-electron chi connectivity index (χ1n) is 15.5. The predicted octanol–water partition coefficient (Wildman–Crippen LogP) is 5.88. The summed E-state index contributed by atoms with van der Waals surface area (Å²) in [5.74, 6) is 1.39. The number of carbonyl (C=O) groups excluding carboxylic acids is 1. The lowest BCUT2D eigenvalue weighted by molar-refractivity contribution is -0.127. The lowest BCUT2D eigenvalue weighted by Gasteiger charge is -2.42. The molecule has 0 radical (unpaired) electrons. The highest BCUT2D eigenvalue weighted by Gasteiger charge is 2.40. The van der Waals surface area contributed by atoms with Crippen molar-refractivity contribution in [2.75, 3.05) is 40.4 Å². The van der Waals surface area contributed by atoms with Crippen molar-refractivity contribution in [3.8, 4) is 45.4 Å². The van der Waals surface area contributed by atoms with Gasteiger partial charge in [0.25, 0.3) is 0 Å². The van der Waals surface area contributed by atoms with E-state index in [0.29, 0.717) is 58.4 Å². The normalized spacial score (nSPS) is 18.6. The van der Waals surface area contributed by atoms with Crippen molar-refractivity contribution in [2.45, 2.75) is 38.5 Å². The molecule has 3 aliphatic rings. The lowest BCUT2D eigenvalue weighted by Crippen LogP contribution is -2.50. The van der Waals surface area contributed by atoms with E-state index in [9.17, 15) is 9.90 Å². The number of hydrogen-bond acceptors (Lipinski definition) is 9. The maximum atomic E-state index is 11.8. The Morgan fingerprint density at radius 2 is 1.52 bits per heavy atom. The Morgan fingerprint density at radius 1 is 0.913 bits per heavy atom. The molecule has 2 saturated heterocycles. The van der Waals surface area contributed by atoms with Crippen LogP contribution in [0.1, 0.15) is 36.2 Å². The standard InChI is InChI=1S/C35H35Cl2N5O4/c1-19(43)21-14-42(15-21)30-11-10-20-12-27(39-35(46-3)31(20)30)25-8-4-6-23(32(25)36)24-7-5-9-26(33(24)37)28-13-38-29(34(40-28)45-2)18-41-16-22(44)17-41/h4-9,12-13,21-22,30,44H,10-11,14-18H2,1-3H3/t30-/m1/s1. The summed E-state index contributed by atoms with van der Waals surface area (Å²) in [4.78, 5) is 30.6. The third kappa shape index (κ3) is 5.54. The van der Waals surface area contributed by atoms with Crippen LogP contribution in [0.25, 0.3) is 33.6 Å². The number of aliphatic hydroxyl groups is 1. The van der Waals surface area contributed by atoms with Crippen molar-refractivity contribution < 1.29 is 19.4 Å². The highest BCUT2D eigenvalue weighted by Crippen LogP contribution is 2.47. The SMILES string of the molecule is COc1nc(-c2cccc(-c3cccc(-c4cc5c(c(OC)n4)[C@H](N4CC(C(C)=O)C4)CC5)c3Cl)c2Cl)cnc1CN1CC(O)C1. The minimum Gasteiger partial charge on any atom is -0.481 e. The zero-order valence-corrected chi connectivity index (χ0v) is 27.5. The number of fused-ring (bicyclic) bond motifs is 1. The molecule has 0 saturated carbocycles. The summed E-state index contributed by atoms with van der Waals surface area (Å²) in [7, 11) is 3.22. The highest BCUT2D eigenvalue weighted by molar-refractivity contribution is 6.39. The van der Waals surface area contributed by atoms with Crippen LogP contribution in [0, 0.1) is 5.92 Å². The molecule has 11 heteroatoms. The Bertz CT molecular complexity index is 1820. The largest absolute Gasteiger partial charge is 0.481 e. The van der Waals surface area contributed by atoms with Crippen LogP contribution in [0.3, 0.4) is 0 Å². The second-order valence-corrected chi connectivity index (χ2v) is 13.1. The Labute approximate surface area is 278 Å². The fourth-order valence-electron chi connectivity index (χ4n) is 6.82. The van der Waals surface area contributed by atoms with Crippen LogP contribution in [-0.4, -0.2) is 82.1 Å². The van der Waals surface area contributed by atoms with E-state index < -0.39 is 0 Å². The summed E-state index contributed by atoms with van der Waals surface area (Å²) < 4.78 is 11.4. The lowest BCUT2D eigenvalue weighted by atomic mass is 9.92. The molecule has 7 rings (SSSR count). The molecule has 4 heterocycles. The van der Waals surface area contributed by atoms with Gasteiger partial charge >= 0.3 is 0 Å². The maximum Gasteiger partial charge on any atom is 0.237 e. The first kappa shape index (κ1) is 31.0. The number of ketones is 1. The van der Waals surface area contributed by atoms with Gasteiger partial charge in [0.05, 0.1) is 48.0 Å². The van der Waals surface area contributed by atoms with Gasteiger partial charge in [0.2, 0.25) is 11.8 Å². The minimum atomic E-state index is -0.295. The van der Waals surface area contributed by atoms with Gasteiger partial charge in [-0.15, -0.1) is 0 Å². The van der Waals surface area contributed by atoms with Crippen LogP contribution in [0.5, 0.6) is 11.8 Å². The zero-order chi connectivity index (χ0) is 32.1. The summed E-state index contributed by atoms with van der Waals surface area (Å²) in [5, 5.41) is 10.7. The number of halogens is 2. The van der Waals surface area contributed by atoms with Crippen molar-refractivity contribution >= 4 is 29.0 Å². The molecule has 1 aliphatic carbocycles. The number of pyridine rings is 1. The van der Waals surface area contributed by atoms with Crippen LogP contribution < -0.4 is 9.47 Å². The molecule has 238 valence electrons. The van der Waals surface area contributed by atoms with Crippen LogP contribution in [0.4, 0.5) is 0 Å². The van der Waals surface area contributed by atoms with Gasteiger partial charge in [-0.05, 0) is 31.4 Å². The second kappa shape index (κ2) is 12.5. The number of carbonyl (C=O) groups is 1. The fourth-order valence-corrected chi connectivity index (χ4v) is 7.47. The van der Waals surface area contributed by atoms with Gasteiger partial charge in [-0.2, -0.15) is 0 Å². The predicted molar refractivity (Wildman–Crippen MR) is 177 cm³/mol. The summed E-state index contributed by atoms with van der Waals surface area (Å²) in [6.45, 7) is 5.00. The molecule has 46 heavy (non-hydrogen) atoms. The van der Waals surface area contributed by atoms with Gasteiger partial charge in [0.1, 0.15) is 11.5 Å². The van der Waals surface area contributed by atoms with Crippen molar-refractivity contribution in [3.63, 3.8) is 0 Å². The number of Topliss-reactive ketones (excluding diaryl/α,β-unsaturated/α-hetero) is 1. The van der Waals surface area contributed by atoms with E-state index in [1.54, 1.807) is 27.3 Å². The molecule has 4 aromatic rings. The van der Waals surface area contributed by atoms with Gasteiger partial charge in [-0.1, -0.05) is 59.6 Å². The minimum absolute atomic E-state index is 0.119. The number of likely N-dealkylation sites (tertiary alicyclic amines) is 2. The number of β-amino-alcohol motifs (C(OH)–C–C–N with tert-alkyl or cyclic N) is 1. The molecule has 2 aromatic carbocycles. The van der Waals surface area contributed by atoms with Crippen molar-refractivity contribution in [2.24, 2.45) is 5.92 Å². The number of aliphatic hydroxyl groups excluding tert-OH is 1. The number of aromatic nitrogens is 3. The van der Waals surface area contributed by atoms with Crippen LogP contribution in [0.2, 0.25) is 10.0 Å². The average Bonchev–Trinajstić information content (AvgIpc) is 3.43. The van der Waals surface area contributed by atoms with Crippen LogP contribution >= 0.6 is 23.2 Å². The van der Waals surface area contributed by atoms with Gasteiger partial charge in [-0.25, -0.2) is 9.97 Å². The average molecular weight is 661 g/mol. The number of rotatable bonds is 9. The van der Waals surface area contributed by atoms with Gasteiger partial charge in [-0.3, -0.25) is 19.6 Å².